The first-order valence-electron chi connectivity index (χ1n) is 6.71. The van der Waals surface area contributed by atoms with Crippen molar-refractivity contribution < 1.29 is 9.53 Å². The number of ether oxygens (including phenoxy) is 1. The van der Waals surface area contributed by atoms with Gasteiger partial charge < -0.3 is 15.4 Å². The minimum atomic E-state index is -0.0861. The lowest BCUT2D eigenvalue weighted by Gasteiger charge is -2.08. The zero-order chi connectivity index (χ0) is 13.7. The summed E-state index contributed by atoms with van der Waals surface area (Å²) in [5, 5.41) is 5.80. The number of carbonyl (C=O) groups is 1. The number of amides is 1. The number of aromatic nitrogens is 1. The van der Waals surface area contributed by atoms with Crippen molar-refractivity contribution in [1.82, 2.24) is 10.3 Å². The van der Waals surface area contributed by atoms with Crippen LogP contribution in [0, 0.1) is 12.8 Å². The highest BCUT2D eigenvalue weighted by Gasteiger charge is 2.20. The van der Waals surface area contributed by atoms with Gasteiger partial charge in [0.25, 0.3) is 5.91 Å². The number of anilines is 1. The third-order valence-corrected chi connectivity index (χ3v) is 3.05. The van der Waals surface area contributed by atoms with E-state index in [9.17, 15) is 4.79 Å². The van der Waals surface area contributed by atoms with Gasteiger partial charge in [-0.3, -0.25) is 4.79 Å². The standard InChI is InChI=1S/C14H21N3O2/c1-10-7-12(8-13(15-2)17-10)14(18)16-5-6-19-9-11-3-4-11/h7-8,11H,3-6,9H2,1-2H3,(H,15,17)(H,16,18). The van der Waals surface area contributed by atoms with Gasteiger partial charge in [-0.15, -0.1) is 0 Å². The SMILES string of the molecule is CNc1cc(C(=O)NCCOCC2CC2)cc(C)n1. The van der Waals surface area contributed by atoms with Crippen LogP contribution in [0.15, 0.2) is 12.1 Å². The Morgan fingerprint density at radius 2 is 2.26 bits per heavy atom. The highest BCUT2D eigenvalue weighted by Crippen LogP contribution is 2.28. The molecule has 5 heteroatoms. The van der Waals surface area contributed by atoms with Crippen molar-refractivity contribution in [3.05, 3.63) is 23.4 Å². The van der Waals surface area contributed by atoms with Gasteiger partial charge >= 0.3 is 0 Å². The van der Waals surface area contributed by atoms with E-state index in [1.165, 1.54) is 12.8 Å². The van der Waals surface area contributed by atoms with Gasteiger partial charge in [-0.1, -0.05) is 0 Å². The fourth-order valence-electron chi connectivity index (χ4n) is 1.80. The molecule has 1 fully saturated rings. The number of carbonyl (C=O) groups excluding carboxylic acids is 1. The lowest BCUT2D eigenvalue weighted by atomic mass is 10.2. The Kier molecular flexibility index (Phi) is 4.74. The molecule has 1 aliphatic rings. The molecule has 0 radical (unpaired) electrons. The fourth-order valence-corrected chi connectivity index (χ4v) is 1.80. The average Bonchev–Trinajstić information content (AvgIpc) is 3.21. The second-order valence-corrected chi connectivity index (χ2v) is 4.91. The molecule has 2 rings (SSSR count). The van der Waals surface area contributed by atoms with Crippen molar-refractivity contribution in [2.75, 3.05) is 32.1 Å². The van der Waals surface area contributed by atoms with Gasteiger partial charge in [0.2, 0.25) is 0 Å². The minimum Gasteiger partial charge on any atom is -0.379 e. The third kappa shape index (κ3) is 4.52. The molecule has 0 unspecified atom stereocenters. The Labute approximate surface area is 113 Å². The minimum absolute atomic E-state index is 0.0861. The number of hydrogen-bond acceptors (Lipinski definition) is 4. The smallest absolute Gasteiger partial charge is 0.251 e. The van der Waals surface area contributed by atoms with Crippen molar-refractivity contribution in [1.29, 1.82) is 0 Å². The number of hydrogen-bond donors (Lipinski definition) is 2. The molecule has 1 aliphatic carbocycles. The first-order chi connectivity index (χ1) is 9.19. The quantitative estimate of drug-likeness (QED) is 0.733. The fraction of sp³-hybridized carbons (Fsp3) is 0.571. The summed E-state index contributed by atoms with van der Waals surface area (Å²) in [5.41, 5.74) is 1.45. The van der Waals surface area contributed by atoms with Gasteiger partial charge in [0, 0.05) is 31.5 Å². The second kappa shape index (κ2) is 6.52. The molecule has 1 heterocycles. The number of nitrogens with one attached hydrogen (secondary N) is 2. The lowest BCUT2D eigenvalue weighted by molar-refractivity contribution is 0.0906. The zero-order valence-corrected chi connectivity index (χ0v) is 11.5. The van der Waals surface area contributed by atoms with E-state index in [2.05, 4.69) is 15.6 Å². The summed E-state index contributed by atoms with van der Waals surface area (Å²) < 4.78 is 5.47. The first kappa shape index (κ1) is 13.8. The van der Waals surface area contributed by atoms with Gasteiger partial charge in [0.1, 0.15) is 5.82 Å². The molecule has 1 amide bonds. The van der Waals surface area contributed by atoms with Crippen LogP contribution in [0.5, 0.6) is 0 Å². The van der Waals surface area contributed by atoms with E-state index in [0.717, 1.165) is 18.2 Å². The Balaban J connectivity index is 1.76. The van der Waals surface area contributed by atoms with Crippen LogP contribution in [0.4, 0.5) is 5.82 Å². The van der Waals surface area contributed by atoms with E-state index in [0.29, 0.717) is 24.5 Å². The van der Waals surface area contributed by atoms with Crippen LogP contribution in [0.1, 0.15) is 28.9 Å². The highest BCUT2D eigenvalue weighted by atomic mass is 16.5. The Hall–Kier alpha value is -1.62. The van der Waals surface area contributed by atoms with Crippen LogP contribution < -0.4 is 10.6 Å². The van der Waals surface area contributed by atoms with Crippen LogP contribution in [-0.2, 0) is 4.74 Å². The topological polar surface area (TPSA) is 63.2 Å². The van der Waals surface area contributed by atoms with Gasteiger partial charge in [-0.2, -0.15) is 0 Å². The molecule has 19 heavy (non-hydrogen) atoms. The summed E-state index contributed by atoms with van der Waals surface area (Å²) in [7, 11) is 1.79. The Morgan fingerprint density at radius 1 is 1.47 bits per heavy atom. The second-order valence-electron chi connectivity index (χ2n) is 4.91. The molecule has 0 saturated heterocycles. The normalized spacial score (nSPS) is 14.2. The summed E-state index contributed by atoms with van der Waals surface area (Å²) in [6.45, 7) is 3.82. The monoisotopic (exact) mass is 263 g/mol. The molecule has 1 aromatic heterocycles. The maximum atomic E-state index is 12.0. The van der Waals surface area contributed by atoms with Crippen LogP contribution in [0.3, 0.4) is 0 Å². The molecule has 2 N–H and O–H groups in total. The molecule has 0 spiro atoms. The van der Waals surface area contributed by atoms with E-state index >= 15 is 0 Å². The summed E-state index contributed by atoms with van der Waals surface area (Å²) in [6, 6.07) is 3.52. The predicted octanol–water partition coefficient (Wildman–Crippen LogP) is 1.59. The van der Waals surface area contributed by atoms with Crippen molar-refractivity contribution in [2.45, 2.75) is 19.8 Å². The summed E-state index contributed by atoms with van der Waals surface area (Å²) in [6.07, 6.45) is 2.57. The van der Waals surface area contributed by atoms with Crippen LogP contribution in [-0.4, -0.2) is 37.7 Å². The summed E-state index contributed by atoms with van der Waals surface area (Å²) in [5.74, 6) is 1.38. The van der Waals surface area contributed by atoms with E-state index in [1.807, 2.05) is 6.92 Å². The molecule has 0 aromatic carbocycles. The van der Waals surface area contributed by atoms with E-state index in [4.69, 9.17) is 4.74 Å². The van der Waals surface area contributed by atoms with E-state index < -0.39 is 0 Å². The molecule has 0 aliphatic heterocycles. The average molecular weight is 263 g/mol. The van der Waals surface area contributed by atoms with Crippen LogP contribution in [0.25, 0.3) is 0 Å². The van der Waals surface area contributed by atoms with Crippen molar-refractivity contribution in [3.8, 4) is 0 Å². The van der Waals surface area contributed by atoms with E-state index in [-0.39, 0.29) is 5.91 Å². The first-order valence-corrected chi connectivity index (χ1v) is 6.71. The number of nitrogens with zero attached hydrogens (tertiary/aromatic N) is 1. The number of rotatable bonds is 7. The van der Waals surface area contributed by atoms with Crippen molar-refractivity contribution in [3.63, 3.8) is 0 Å². The molecule has 1 aromatic rings. The molecule has 104 valence electrons. The van der Waals surface area contributed by atoms with Gasteiger partial charge in [-0.05, 0) is 37.8 Å². The van der Waals surface area contributed by atoms with Gasteiger partial charge in [0.15, 0.2) is 0 Å². The molecular formula is C14H21N3O2. The molecule has 0 atom stereocenters. The Bertz CT molecular complexity index is 444. The van der Waals surface area contributed by atoms with E-state index in [1.54, 1.807) is 19.2 Å². The van der Waals surface area contributed by atoms with Crippen LogP contribution in [0.2, 0.25) is 0 Å². The molecular weight excluding hydrogens is 242 g/mol. The van der Waals surface area contributed by atoms with Gasteiger partial charge in [0.05, 0.1) is 6.61 Å². The highest BCUT2D eigenvalue weighted by molar-refractivity contribution is 5.94. The number of aryl methyl sites for hydroxylation is 1. The van der Waals surface area contributed by atoms with Crippen molar-refractivity contribution in [2.24, 2.45) is 5.92 Å². The molecule has 1 saturated carbocycles. The summed E-state index contributed by atoms with van der Waals surface area (Å²) in [4.78, 5) is 16.2. The lowest BCUT2D eigenvalue weighted by Crippen LogP contribution is -2.27. The third-order valence-electron chi connectivity index (χ3n) is 3.05. The molecule has 0 bridgehead atoms. The number of pyridine rings is 1. The summed E-state index contributed by atoms with van der Waals surface area (Å²) >= 11 is 0. The van der Waals surface area contributed by atoms with Gasteiger partial charge in [-0.25, -0.2) is 4.98 Å². The maximum Gasteiger partial charge on any atom is 0.251 e. The zero-order valence-electron chi connectivity index (χ0n) is 11.5. The van der Waals surface area contributed by atoms with Crippen molar-refractivity contribution >= 4 is 11.7 Å². The van der Waals surface area contributed by atoms with Crippen LogP contribution >= 0.6 is 0 Å². The largest absolute Gasteiger partial charge is 0.379 e. The maximum absolute atomic E-state index is 12.0. The molecule has 5 nitrogen and oxygen atoms in total. The Morgan fingerprint density at radius 3 is 2.95 bits per heavy atom. The predicted molar refractivity (Wildman–Crippen MR) is 74.4 cm³/mol.